The van der Waals surface area contributed by atoms with E-state index >= 15 is 0 Å². The molecular weight excluding hydrogens is 396 g/mol. The number of carboxylic acids is 1. The van der Waals surface area contributed by atoms with E-state index in [9.17, 15) is 19.5 Å². The number of carbonyl (C=O) groups is 3. The Labute approximate surface area is 174 Å². The molecule has 0 aliphatic carbocycles. The summed E-state index contributed by atoms with van der Waals surface area (Å²) < 4.78 is 0.396. The molecule has 0 aromatic heterocycles. The van der Waals surface area contributed by atoms with Gasteiger partial charge in [-0.2, -0.15) is 0 Å². The van der Waals surface area contributed by atoms with E-state index in [1.165, 1.54) is 16.7 Å². The number of thioether (sulfide) groups is 1. The van der Waals surface area contributed by atoms with Crippen molar-refractivity contribution < 1.29 is 19.5 Å². The number of rotatable bonds is 8. The Kier molecular flexibility index (Phi) is 7.77. The lowest BCUT2D eigenvalue weighted by molar-refractivity contribution is -0.142. The first-order chi connectivity index (χ1) is 13.2. The van der Waals surface area contributed by atoms with Crippen LogP contribution in [0.3, 0.4) is 0 Å². The van der Waals surface area contributed by atoms with Crippen molar-refractivity contribution >= 4 is 52.2 Å². The van der Waals surface area contributed by atoms with Gasteiger partial charge in [0.25, 0.3) is 5.91 Å². The zero-order chi connectivity index (χ0) is 20.8. The number of aliphatic carboxylic acids is 1. The number of carbonyl (C=O) groups excluding carboxylic acids is 2. The number of amides is 2. The summed E-state index contributed by atoms with van der Waals surface area (Å²) in [6.07, 6.45) is 2.12. The molecule has 8 heteroatoms. The van der Waals surface area contributed by atoms with Crippen LogP contribution >= 0.6 is 24.0 Å². The summed E-state index contributed by atoms with van der Waals surface area (Å²) in [6, 6.07) is 6.85. The fraction of sp³-hybridized carbons (Fsp3) is 0.400. The maximum absolute atomic E-state index is 12.6. The zero-order valence-corrected chi connectivity index (χ0v) is 17.7. The molecule has 1 aliphatic heterocycles. The van der Waals surface area contributed by atoms with Crippen molar-refractivity contribution in [2.45, 2.75) is 39.7 Å². The van der Waals surface area contributed by atoms with Gasteiger partial charge in [0.05, 0.1) is 4.91 Å². The number of hydrogen-bond acceptors (Lipinski definition) is 5. The molecule has 2 rings (SSSR count). The number of hydrogen-bond donors (Lipinski definition) is 2. The molecule has 1 aromatic rings. The maximum Gasteiger partial charge on any atom is 0.326 e. The van der Waals surface area contributed by atoms with E-state index in [0.29, 0.717) is 15.6 Å². The van der Waals surface area contributed by atoms with Gasteiger partial charge in [-0.15, -0.1) is 0 Å². The Morgan fingerprint density at radius 2 is 1.93 bits per heavy atom. The summed E-state index contributed by atoms with van der Waals surface area (Å²) in [7, 11) is 0. The van der Waals surface area contributed by atoms with Gasteiger partial charge in [0.1, 0.15) is 10.4 Å². The van der Waals surface area contributed by atoms with Gasteiger partial charge in [-0.1, -0.05) is 67.7 Å². The molecule has 1 heterocycles. The normalized spacial score (nSPS) is 16.7. The second-order valence-corrected chi connectivity index (χ2v) is 8.76. The number of aryl methyl sites for hydroxylation is 1. The SMILES string of the molecule is Cc1ccc(/C=C2/SC(=S)N(CCC(=O)N[C@@H](CC(C)C)C(=O)O)C2=O)cc1. The molecule has 0 radical (unpaired) electrons. The molecule has 1 fully saturated rings. The van der Waals surface area contributed by atoms with Crippen molar-refractivity contribution in [2.75, 3.05) is 6.54 Å². The number of carboxylic acid groups (broad SMARTS) is 1. The van der Waals surface area contributed by atoms with Crippen LogP contribution < -0.4 is 5.32 Å². The van der Waals surface area contributed by atoms with Gasteiger partial charge < -0.3 is 10.4 Å². The summed E-state index contributed by atoms with van der Waals surface area (Å²) in [5, 5.41) is 11.7. The van der Waals surface area contributed by atoms with Crippen LogP contribution in [0.4, 0.5) is 0 Å². The predicted molar refractivity (Wildman–Crippen MR) is 115 cm³/mol. The number of nitrogens with zero attached hydrogens (tertiary/aromatic N) is 1. The van der Waals surface area contributed by atoms with Crippen molar-refractivity contribution in [3.8, 4) is 0 Å². The minimum Gasteiger partial charge on any atom is -0.480 e. The first-order valence-corrected chi connectivity index (χ1v) is 10.2. The van der Waals surface area contributed by atoms with Gasteiger partial charge in [-0.25, -0.2) is 4.79 Å². The lowest BCUT2D eigenvalue weighted by atomic mass is 10.0. The van der Waals surface area contributed by atoms with Gasteiger partial charge in [0.15, 0.2) is 0 Å². The summed E-state index contributed by atoms with van der Waals surface area (Å²) in [5.41, 5.74) is 2.04. The highest BCUT2D eigenvalue weighted by atomic mass is 32.2. The first-order valence-electron chi connectivity index (χ1n) is 9.01. The van der Waals surface area contributed by atoms with Gasteiger partial charge in [-0.3, -0.25) is 14.5 Å². The molecule has 0 saturated carbocycles. The number of nitrogens with one attached hydrogen (secondary N) is 1. The second-order valence-electron chi connectivity index (χ2n) is 7.08. The maximum atomic E-state index is 12.6. The molecular formula is C20H24N2O4S2. The van der Waals surface area contributed by atoms with Crippen LogP contribution in [0.25, 0.3) is 6.08 Å². The average molecular weight is 421 g/mol. The summed E-state index contributed by atoms with van der Waals surface area (Å²) in [6.45, 7) is 5.89. The predicted octanol–water partition coefficient (Wildman–Crippen LogP) is 3.20. The Hall–Kier alpha value is -2.19. The zero-order valence-electron chi connectivity index (χ0n) is 16.1. The van der Waals surface area contributed by atoms with Crippen molar-refractivity contribution in [1.82, 2.24) is 10.2 Å². The Balaban J connectivity index is 1.96. The number of thiocarbonyl (C=S) groups is 1. The van der Waals surface area contributed by atoms with Crippen molar-refractivity contribution in [2.24, 2.45) is 5.92 Å². The topological polar surface area (TPSA) is 86.7 Å². The fourth-order valence-electron chi connectivity index (χ4n) is 2.68. The average Bonchev–Trinajstić information content (AvgIpc) is 2.87. The minimum atomic E-state index is -1.06. The third-order valence-electron chi connectivity index (χ3n) is 4.15. The van der Waals surface area contributed by atoms with Gasteiger partial charge >= 0.3 is 5.97 Å². The van der Waals surface area contributed by atoms with Crippen LogP contribution in [0.1, 0.15) is 37.8 Å². The van der Waals surface area contributed by atoms with Crippen LogP contribution in [-0.2, 0) is 14.4 Å². The molecule has 2 N–H and O–H groups in total. The van der Waals surface area contributed by atoms with E-state index in [-0.39, 0.29) is 24.8 Å². The van der Waals surface area contributed by atoms with Gasteiger partial charge in [0, 0.05) is 13.0 Å². The van der Waals surface area contributed by atoms with E-state index in [4.69, 9.17) is 12.2 Å². The van der Waals surface area contributed by atoms with Gasteiger partial charge in [-0.05, 0) is 30.9 Å². The van der Waals surface area contributed by atoms with Crippen LogP contribution in [0, 0.1) is 12.8 Å². The third kappa shape index (κ3) is 6.17. The van der Waals surface area contributed by atoms with Crippen molar-refractivity contribution in [3.05, 3.63) is 40.3 Å². The molecule has 1 aliphatic rings. The van der Waals surface area contributed by atoms with Crippen LogP contribution in [-0.4, -0.2) is 44.7 Å². The summed E-state index contributed by atoms with van der Waals surface area (Å²) in [5.74, 6) is -1.57. The second kappa shape index (κ2) is 9.84. The summed E-state index contributed by atoms with van der Waals surface area (Å²) >= 11 is 6.47. The standard InChI is InChI=1S/C20H24N2O4S2/c1-12(2)10-15(19(25)26)21-17(23)8-9-22-18(24)16(28-20(22)27)11-14-6-4-13(3)5-7-14/h4-7,11-12,15H,8-10H2,1-3H3,(H,21,23)(H,25,26)/b16-11+/t15-/m0/s1. The van der Waals surface area contributed by atoms with Crippen molar-refractivity contribution in [1.29, 1.82) is 0 Å². The van der Waals surface area contributed by atoms with E-state index in [0.717, 1.165) is 11.1 Å². The molecule has 150 valence electrons. The minimum absolute atomic E-state index is 0.00781. The molecule has 0 spiro atoms. The Bertz CT molecular complexity index is 803. The number of benzene rings is 1. The van der Waals surface area contributed by atoms with E-state index in [1.54, 1.807) is 6.08 Å². The molecule has 28 heavy (non-hydrogen) atoms. The molecule has 1 saturated heterocycles. The molecule has 6 nitrogen and oxygen atoms in total. The monoisotopic (exact) mass is 420 g/mol. The summed E-state index contributed by atoms with van der Waals surface area (Å²) in [4.78, 5) is 37.9. The Morgan fingerprint density at radius 1 is 1.29 bits per heavy atom. The highest BCUT2D eigenvalue weighted by molar-refractivity contribution is 8.26. The quantitative estimate of drug-likeness (QED) is 0.496. The molecule has 0 bridgehead atoms. The lowest BCUT2D eigenvalue weighted by Gasteiger charge is -2.18. The van der Waals surface area contributed by atoms with Crippen LogP contribution in [0.2, 0.25) is 0 Å². The highest BCUT2D eigenvalue weighted by Gasteiger charge is 2.32. The van der Waals surface area contributed by atoms with Crippen LogP contribution in [0.5, 0.6) is 0 Å². The van der Waals surface area contributed by atoms with Gasteiger partial charge in [0.2, 0.25) is 5.91 Å². The van der Waals surface area contributed by atoms with E-state index in [2.05, 4.69) is 5.32 Å². The fourth-order valence-corrected chi connectivity index (χ4v) is 3.99. The smallest absolute Gasteiger partial charge is 0.326 e. The molecule has 1 atom stereocenters. The van der Waals surface area contributed by atoms with E-state index in [1.807, 2.05) is 45.0 Å². The van der Waals surface area contributed by atoms with Crippen molar-refractivity contribution in [3.63, 3.8) is 0 Å². The van der Waals surface area contributed by atoms with Crippen LogP contribution in [0.15, 0.2) is 29.2 Å². The molecule has 0 unspecified atom stereocenters. The first kappa shape index (κ1) is 22.1. The lowest BCUT2D eigenvalue weighted by Crippen LogP contribution is -2.43. The van der Waals surface area contributed by atoms with E-state index < -0.39 is 17.9 Å². The molecule has 2 amide bonds. The largest absolute Gasteiger partial charge is 0.480 e. The highest BCUT2D eigenvalue weighted by Crippen LogP contribution is 2.32. The Morgan fingerprint density at radius 3 is 2.50 bits per heavy atom. The third-order valence-corrected chi connectivity index (χ3v) is 5.53. The molecule has 1 aromatic carbocycles.